The number of halogens is 1. The summed E-state index contributed by atoms with van der Waals surface area (Å²) in [4.78, 5) is 7.14. The molecule has 2 aromatic rings. The first-order valence-corrected chi connectivity index (χ1v) is 10.0. The molecule has 3 nitrogen and oxygen atoms in total. The molecule has 128 valence electrons. The first-order valence-electron chi connectivity index (χ1n) is 8.74. The molecule has 4 rings (SSSR count). The standard InChI is InChI=1S/C19H24ClN3S/c1-14-2-3-15(10-16(14)20)12-23(13-18-22-8-9-24-18)17-11-19(17)4-6-21-7-5-19/h2-3,8-10,17,21H,4-7,11-13H2,1H3. The van der Waals surface area contributed by atoms with Crippen LogP contribution in [-0.4, -0.2) is 29.0 Å². The summed E-state index contributed by atoms with van der Waals surface area (Å²) in [7, 11) is 0. The molecule has 1 aliphatic heterocycles. The third kappa shape index (κ3) is 3.38. The maximum atomic E-state index is 6.34. The summed E-state index contributed by atoms with van der Waals surface area (Å²) in [5.41, 5.74) is 2.99. The van der Waals surface area contributed by atoms with E-state index in [1.165, 1.54) is 29.8 Å². The van der Waals surface area contributed by atoms with Crippen LogP contribution < -0.4 is 5.32 Å². The van der Waals surface area contributed by atoms with Gasteiger partial charge in [0.05, 0.1) is 6.54 Å². The smallest absolute Gasteiger partial charge is 0.107 e. The van der Waals surface area contributed by atoms with E-state index in [2.05, 4.69) is 45.7 Å². The van der Waals surface area contributed by atoms with E-state index in [-0.39, 0.29) is 0 Å². The summed E-state index contributed by atoms with van der Waals surface area (Å²) in [6, 6.07) is 7.16. The second-order valence-corrected chi connectivity index (χ2v) is 8.63. The minimum atomic E-state index is 0.539. The van der Waals surface area contributed by atoms with Gasteiger partial charge < -0.3 is 5.32 Å². The second kappa shape index (κ2) is 6.75. The molecule has 1 saturated heterocycles. The van der Waals surface area contributed by atoms with Crippen LogP contribution in [0.2, 0.25) is 5.02 Å². The first kappa shape index (κ1) is 16.5. The van der Waals surface area contributed by atoms with Crippen molar-refractivity contribution in [2.45, 2.75) is 45.3 Å². The molecule has 24 heavy (non-hydrogen) atoms. The molecule has 1 aromatic heterocycles. The third-order valence-electron chi connectivity index (χ3n) is 5.63. The van der Waals surface area contributed by atoms with E-state index in [4.69, 9.17) is 11.6 Å². The van der Waals surface area contributed by atoms with Crippen molar-refractivity contribution in [2.75, 3.05) is 13.1 Å². The van der Waals surface area contributed by atoms with Crippen molar-refractivity contribution < 1.29 is 0 Å². The summed E-state index contributed by atoms with van der Waals surface area (Å²) in [5, 5.41) is 7.66. The van der Waals surface area contributed by atoms with Crippen molar-refractivity contribution in [1.29, 1.82) is 0 Å². The molecule has 2 aliphatic rings. The van der Waals surface area contributed by atoms with Gasteiger partial charge in [-0.2, -0.15) is 0 Å². The maximum Gasteiger partial charge on any atom is 0.107 e. The van der Waals surface area contributed by atoms with E-state index in [0.29, 0.717) is 11.5 Å². The van der Waals surface area contributed by atoms with Crippen LogP contribution in [0.3, 0.4) is 0 Å². The lowest BCUT2D eigenvalue weighted by Crippen LogP contribution is -2.35. The molecule has 1 aromatic carbocycles. The monoisotopic (exact) mass is 361 g/mol. The summed E-state index contributed by atoms with van der Waals surface area (Å²) in [5.74, 6) is 0. The molecule has 1 saturated carbocycles. The summed E-state index contributed by atoms with van der Waals surface area (Å²) in [6.45, 7) is 6.29. The van der Waals surface area contributed by atoms with Crippen LogP contribution in [0, 0.1) is 12.3 Å². The van der Waals surface area contributed by atoms with E-state index >= 15 is 0 Å². The molecule has 1 spiro atoms. The molecule has 0 radical (unpaired) electrons. The van der Waals surface area contributed by atoms with E-state index in [0.717, 1.165) is 36.8 Å². The minimum Gasteiger partial charge on any atom is -0.317 e. The fourth-order valence-electron chi connectivity index (χ4n) is 4.05. The number of rotatable bonds is 5. The Balaban J connectivity index is 1.53. The molecule has 1 atom stereocenters. The molecule has 1 unspecified atom stereocenters. The number of benzene rings is 1. The Kier molecular flexibility index (Phi) is 4.65. The van der Waals surface area contributed by atoms with Crippen LogP contribution >= 0.6 is 22.9 Å². The summed E-state index contributed by atoms with van der Waals surface area (Å²) >= 11 is 8.10. The first-order chi connectivity index (χ1) is 11.7. The molecule has 0 amide bonds. The van der Waals surface area contributed by atoms with Crippen LogP contribution in [0.25, 0.3) is 0 Å². The number of thiazole rings is 1. The predicted octanol–water partition coefficient (Wildman–Crippen LogP) is 4.25. The quantitative estimate of drug-likeness (QED) is 0.862. The Hall–Kier alpha value is -0.940. The van der Waals surface area contributed by atoms with Crippen LogP contribution in [-0.2, 0) is 13.1 Å². The number of hydrogen-bond acceptors (Lipinski definition) is 4. The van der Waals surface area contributed by atoms with Gasteiger partial charge in [-0.05, 0) is 61.9 Å². The lowest BCUT2D eigenvalue weighted by atomic mass is 9.93. The highest BCUT2D eigenvalue weighted by Gasteiger charge is 2.56. The largest absolute Gasteiger partial charge is 0.317 e. The van der Waals surface area contributed by atoms with E-state index in [9.17, 15) is 0 Å². The molecular formula is C19H24ClN3S. The van der Waals surface area contributed by atoms with Gasteiger partial charge in [0, 0.05) is 29.2 Å². The van der Waals surface area contributed by atoms with Gasteiger partial charge in [0.2, 0.25) is 0 Å². The topological polar surface area (TPSA) is 28.2 Å². The number of aromatic nitrogens is 1. The van der Waals surface area contributed by atoms with Crippen molar-refractivity contribution in [3.05, 3.63) is 50.9 Å². The van der Waals surface area contributed by atoms with Crippen LogP contribution in [0.5, 0.6) is 0 Å². The third-order valence-corrected chi connectivity index (χ3v) is 6.80. The minimum absolute atomic E-state index is 0.539. The highest BCUT2D eigenvalue weighted by atomic mass is 35.5. The van der Waals surface area contributed by atoms with Gasteiger partial charge in [-0.3, -0.25) is 4.90 Å². The van der Waals surface area contributed by atoms with Crippen molar-refractivity contribution in [2.24, 2.45) is 5.41 Å². The zero-order valence-corrected chi connectivity index (χ0v) is 15.7. The zero-order chi connectivity index (χ0) is 16.6. The van der Waals surface area contributed by atoms with Gasteiger partial charge in [-0.15, -0.1) is 11.3 Å². The predicted molar refractivity (Wildman–Crippen MR) is 100 cm³/mol. The number of nitrogens with one attached hydrogen (secondary N) is 1. The number of aryl methyl sites for hydroxylation is 1. The highest BCUT2D eigenvalue weighted by molar-refractivity contribution is 7.09. The summed E-state index contributed by atoms with van der Waals surface area (Å²) < 4.78 is 0. The van der Waals surface area contributed by atoms with Gasteiger partial charge >= 0.3 is 0 Å². The Labute approximate surface area is 153 Å². The molecule has 0 bridgehead atoms. The van der Waals surface area contributed by atoms with Gasteiger partial charge in [-0.25, -0.2) is 4.98 Å². The average molecular weight is 362 g/mol. The van der Waals surface area contributed by atoms with Gasteiger partial charge in [0.25, 0.3) is 0 Å². The van der Waals surface area contributed by atoms with Crippen LogP contribution in [0.15, 0.2) is 29.8 Å². The number of hydrogen-bond donors (Lipinski definition) is 1. The maximum absolute atomic E-state index is 6.34. The lowest BCUT2D eigenvalue weighted by molar-refractivity contribution is 0.188. The van der Waals surface area contributed by atoms with Crippen molar-refractivity contribution in [1.82, 2.24) is 15.2 Å². The van der Waals surface area contributed by atoms with Crippen molar-refractivity contribution >= 4 is 22.9 Å². The van der Waals surface area contributed by atoms with Crippen LogP contribution in [0.1, 0.15) is 35.4 Å². The molecule has 1 aliphatic carbocycles. The zero-order valence-electron chi connectivity index (χ0n) is 14.1. The molecule has 5 heteroatoms. The fourth-order valence-corrected chi connectivity index (χ4v) is 4.90. The van der Waals surface area contributed by atoms with Gasteiger partial charge in [0.15, 0.2) is 0 Å². The van der Waals surface area contributed by atoms with Crippen molar-refractivity contribution in [3.63, 3.8) is 0 Å². The normalized spacial score (nSPS) is 22.2. The molecule has 2 fully saturated rings. The SMILES string of the molecule is Cc1ccc(CN(Cc2nccs2)C2CC23CCNCC3)cc1Cl. The Bertz CT molecular complexity index is 695. The van der Waals surface area contributed by atoms with Gasteiger partial charge in [0.1, 0.15) is 5.01 Å². The average Bonchev–Trinajstić information content (AvgIpc) is 3.02. The summed E-state index contributed by atoms with van der Waals surface area (Å²) in [6.07, 6.45) is 5.86. The molecular weight excluding hydrogens is 338 g/mol. The number of nitrogens with zero attached hydrogens (tertiary/aromatic N) is 2. The lowest BCUT2D eigenvalue weighted by Gasteiger charge is -2.29. The molecule has 2 heterocycles. The van der Waals surface area contributed by atoms with Gasteiger partial charge in [-0.1, -0.05) is 23.7 Å². The Morgan fingerprint density at radius 1 is 1.33 bits per heavy atom. The van der Waals surface area contributed by atoms with Crippen molar-refractivity contribution in [3.8, 4) is 0 Å². The fraction of sp³-hybridized carbons (Fsp3) is 0.526. The van der Waals surface area contributed by atoms with E-state index in [1.54, 1.807) is 11.3 Å². The number of piperidine rings is 1. The van der Waals surface area contributed by atoms with E-state index in [1.807, 2.05) is 6.20 Å². The Morgan fingerprint density at radius 2 is 2.17 bits per heavy atom. The second-order valence-electron chi connectivity index (χ2n) is 7.25. The molecule has 1 N–H and O–H groups in total. The van der Waals surface area contributed by atoms with E-state index < -0.39 is 0 Å². The van der Waals surface area contributed by atoms with Crippen LogP contribution in [0.4, 0.5) is 0 Å². The highest BCUT2D eigenvalue weighted by Crippen LogP contribution is 2.56. The Morgan fingerprint density at radius 3 is 2.88 bits per heavy atom.